The number of rotatable bonds is 2. The smallest absolute Gasteiger partial charge is 0.0194 e. The summed E-state index contributed by atoms with van der Waals surface area (Å²) in [6.45, 7) is 9.48. The van der Waals surface area contributed by atoms with Gasteiger partial charge < -0.3 is 5.73 Å². The van der Waals surface area contributed by atoms with Gasteiger partial charge in [-0.1, -0.05) is 20.8 Å². The molecule has 2 unspecified atom stereocenters. The average Bonchev–Trinajstić information content (AvgIpc) is 2.33. The van der Waals surface area contributed by atoms with Gasteiger partial charge in [0, 0.05) is 18.6 Å². The van der Waals surface area contributed by atoms with E-state index < -0.39 is 0 Å². The third-order valence-electron chi connectivity index (χ3n) is 5.25. The Bertz CT molecular complexity index is 231. The lowest BCUT2D eigenvalue weighted by molar-refractivity contribution is 0.0792. The molecule has 2 heteroatoms. The van der Waals surface area contributed by atoms with Crippen LogP contribution in [0.4, 0.5) is 0 Å². The van der Waals surface area contributed by atoms with Gasteiger partial charge in [0.05, 0.1) is 0 Å². The second kappa shape index (κ2) is 5.71. The van der Waals surface area contributed by atoms with E-state index in [-0.39, 0.29) is 0 Å². The molecular formula is C15H30N2. The molecule has 17 heavy (non-hydrogen) atoms. The minimum atomic E-state index is 0.409. The zero-order chi connectivity index (χ0) is 12.4. The van der Waals surface area contributed by atoms with E-state index in [1.54, 1.807) is 0 Å². The predicted molar refractivity (Wildman–Crippen MR) is 73.9 cm³/mol. The molecule has 2 N–H and O–H groups in total. The first-order valence-corrected chi connectivity index (χ1v) is 7.57. The molecule has 1 aliphatic heterocycles. The second-order valence-electron chi connectivity index (χ2n) is 6.74. The molecule has 2 nitrogen and oxygen atoms in total. The molecule has 1 aliphatic carbocycles. The fraction of sp³-hybridized carbons (Fsp3) is 1.00. The van der Waals surface area contributed by atoms with Crippen LogP contribution in [0.5, 0.6) is 0 Å². The molecule has 1 saturated heterocycles. The van der Waals surface area contributed by atoms with E-state index in [1.807, 2.05) is 0 Å². The van der Waals surface area contributed by atoms with Gasteiger partial charge >= 0.3 is 0 Å². The van der Waals surface area contributed by atoms with Crippen molar-refractivity contribution in [3.05, 3.63) is 0 Å². The lowest BCUT2D eigenvalue weighted by Crippen LogP contribution is -2.52. The third-order valence-corrected chi connectivity index (χ3v) is 5.25. The molecule has 100 valence electrons. The number of nitrogens with two attached hydrogens (primary N) is 1. The van der Waals surface area contributed by atoms with Gasteiger partial charge in [-0.15, -0.1) is 0 Å². The SMILES string of the molecule is CC(C)C1CCC(N2CCC(C)C(N)C2)CC1. The quantitative estimate of drug-likeness (QED) is 0.801. The van der Waals surface area contributed by atoms with Crippen molar-refractivity contribution in [3.63, 3.8) is 0 Å². The van der Waals surface area contributed by atoms with Crippen molar-refractivity contribution in [2.24, 2.45) is 23.5 Å². The van der Waals surface area contributed by atoms with Gasteiger partial charge in [0.25, 0.3) is 0 Å². The maximum Gasteiger partial charge on any atom is 0.0194 e. The Morgan fingerprint density at radius 1 is 1.06 bits per heavy atom. The maximum atomic E-state index is 6.21. The Morgan fingerprint density at radius 3 is 2.24 bits per heavy atom. The van der Waals surface area contributed by atoms with Crippen LogP contribution >= 0.6 is 0 Å². The van der Waals surface area contributed by atoms with Crippen molar-refractivity contribution in [2.75, 3.05) is 13.1 Å². The normalized spacial score (nSPS) is 40.8. The van der Waals surface area contributed by atoms with Gasteiger partial charge in [0.2, 0.25) is 0 Å². The maximum absolute atomic E-state index is 6.21. The fourth-order valence-electron chi connectivity index (χ4n) is 3.59. The molecule has 0 bridgehead atoms. The van der Waals surface area contributed by atoms with Crippen LogP contribution in [-0.2, 0) is 0 Å². The molecule has 0 radical (unpaired) electrons. The highest BCUT2D eigenvalue weighted by molar-refractivity contribution is 4.87. The summed E-state index contributed by atoms with van der Waals surface area (Å²) in [5.74, 6) is 2.57. The van der Waals surface area contributed by atoms with Gasteiger partial charge in [-0.25, -0.2) is 0 Å². The molecule has 0 amide bonds. The highest BCUT2D eigenvalue weighted by Gasteiger charge is 2.31. The average molecular weight is 238 g/mol. The Hall–Kier alpha value is -0.0800. The fourth-order valence-corrected chi connectivity index (χ4v) is 3.59. The van der Waals surface area contributed by atoms with Crippen LogP contribution in [0.25, 0.3) is 0 Å². The van der Waals surface area contributed by atoms with E-state index in [1.165, 1.54) is 38.6 Å². The number of hydrogen-bond donors (Lipinski definition) is 1. The monoisotopic (exact) mass is 238 g/mol. The van der Waals surface area contributed by atoms with Crippen LogP contribution in [0.1, 0.15) is 52.9 Å². The Labute approximate surface area is 107 Å². The van der Waals surface area contributed by atoms with Crippen molar-refractivity contribution < 1.29 is 0 Å². The Kier molecular flexibility index (Phi) is 4.48. The minimum absolute atomic E-state index is 0.409. The van der Waals surface area contributed by atoms with Gasteiger partial charge in [0.1, 0.15) is 0 Å². The first-order valence-electron chi connectivity index (χ1n) is 7.57. The van der Waals surface area contributed by atoms with Crippen LogP contribution < -0.4 is 5.73 Å². The van der Waals surface area contributed by atoms with Crippen molar-refractivity contribution in [1.29, 1.82) is 0 Å². The van der Waals surface area contributed by atoms with Gasteiger partial charge in [-0.05, 0) is 56.4 Å². The molecule has 2 fully saturated rings. The van der Waals surface area contributed by atoms with E-state index in [9.17, 15) is 0 Å². The molecule has 1 saturated carbocycles. The lowest BCUT2D eigenvalue weighted by atomic mass is 9.78. The molecule has 0 aromatic rings. The molecule has 2 rings (SSSR count). The standard InChI is InChI=1S/C15H30N2/c1-11(2)13-4-6-14(7-5-13)17-9-8-12(3)15(16)10-17/h11-15H,4-10,16H2,1-3H3. The second-order valence-corrected chi connectivity index (χ2v) is 6.74. The van der Waals surface area contributed by atoms with Crippen LogP contribution in [0.3, 0.4) is 0 Å². The van der Waals surface area contributed by atoms with Crippen LogP contribution in [0.2, 0.25) is 0 Å². The summed E-state index contributed by atoms with van der Waals surface area (Å²) >= 11 is 0. The van der Waals surface area contributed by atoms with E-state index >= 15 is 0 Å². The van der Waals surface area contributed by atoms with Crippen molar-refractivity contribution >= 4 is 0 Å². The van der Waals surface area contributed by atoms with Gasteiger partial charge in [-0.3, -0.25) is 4.90 Å². The zero-order valence-corrected chi connectivity index (χ0v) is 11.9. The van der Waals surface area contributed by atoms with Gasteiger partial charge in [0.15, 0.2) is 0 Å². The van der Waals surface area contributed by atoms with Crippen molar-refractivity contribution in [2.45, 2.75) is 65.0 Å². The highest BCUT2D eigenvalue weighted by atomic mass is 15.2. The van der Waals surface area contributed by atoms with Crippen molar-refractivity contribution in [3.8, 4) is 0 Å². The van der Waals surface area contributed by atoms with E-state index in [0.29, 0.717) is 6.04 Å². The number of likely N-dealkylation sites (tertiary alicyclic amines) is 1. The summed E-state index contributed by atoms with van der Waals surface area (Å²) in [4.78, 5) is 2.68. The zero-order valence-electron chi connectivity index (χ0n) is 11.9. The summed E-state index contributed by atoms with van der Waals surface area (Å²) < 4.78 is 0. The van der Waals surface area contributed by atoms with Crippen LogP contribution in [-0.4, -0.2) is 30.1 Å². The van der Waals surface area contributed by atoms with Gasteiger partial charge in [-0.2, -0.15) is 0 Å². The molecule has 0 spiro atoms. The molecule has 2 atom stereocenters. The number of nitrogens with zero attached hydrogens (tertiary/aromatic N) is 1. The molecular weight excluding hydrogens is 208 g/mol. The predicted octanol–water partition coefficient (Wildman–Crippen LogP) is 2.87. The summed E-state index contributed by atoms with van der Waals surface area (Å²) in [6.07, 6.45) is 6.98. The summed E-state index contributed by atoms with van der Waals surface area (Å²) in [5, 5.41) is 0. The largest absolute Gasteiger partial charge is 0.326 e. The topological polar surface area (TPSA) is 29.3 Å². The molecule has 1 heterocycles. The first kappa shape index (κ1) is 13.4. The molecule has 2 aliphatic rings. The minimum Gasteiger partial charge on any atom is -0.326 e. The molecule has 0 aromatic carbocycles. The van der Waals surface area contributed by atoms with Crippen molar-refractivity contribution in [1.82, 2.24) is 4.90 Å². The van der Waals surface area contributed by atoms with E-state index in [0.717, 1.165) is 30.3 Å². The van der Waals surface area contributed by atoms with E-state index in [2.05, 4.69) is 25.7 Å². The number of hydrogen-bond acceptors (Lipinski definition) is 2. The van der Waals surface area contributed by atoms with E-state index in [4.69, 9.17) is 5.73 Å². The summed E-state index contributed by atoms with van der Waals surface area (Å²) in [5.41, 5.74) is 6.21. The summed E-state index contributed by atoms with van der Waals surface area (Å²) in [6, 6.07) is 1.25. The summed E-state index contributed by atoms with van der Waals surface area (Å²) in [7, 11) is 0. The first-order chi connectivity index (χ1) is 8.08. The van der Waals surface area contributed by atoms with Crippen LogP contribution in [0, 0.1) is 17.8 Å². The van der Waals surface area contributed by atoms with Crippen LogP contribution in [0.15, 0.2) is 0 Å². The highest BCUT2D eigenvalue weighted by Crippen LogP contribution is 2.33. The third kappa shape index (κ3) is 3.23. The Balaban J connectivity index is 1.81. The number of piperidine rings is 1. The molecule has 0 aromatic heterocycles. The Morgan fingerprint density at radius 2 is 1.71 bits per heavy atom. The lowest BCUT2D eigenvalue weighted by Gasteiger charge is -2.43.